The highest BCUT2D eigenvalue weighted by molar-refractivity contribution is 7.92. The molecule has 0 aliphatic carbocycles. The second kappa shape index (κ2) is 5.09. The van der Waals surface area contributed by atoms with Crippen LogP contribution in [0.2, 0.25) is 0 Å². The number of nitrogens with one attached hydrogen (secondary N) is 1. The fourth-order valence-corrected chi connectivity index (χ4v) is 2.66. The average Bonchev–Trinajstić information content (AvgIpc) is 2.37. The lowest BCUT2D eigenvalue weighted by Crippen LogP contribution is -2.13. The van der Waals surface area contributed by atoms with Gasteiger partial charge in [-0.3, -0.25) is 4.72 Å². The van der Waals surface area contributed by atoms with Crippen LogP contribution in [0.15, 0.2) is 41.3 Å². The van der Waals surface area contributed by atoms with Gasteiger partial charge >= 0.3 is 0 Å². The molecule has 0 bridgehead atoms. The number of sulfonamides is 1. The Kier molecular flexibility index (Phi) is 3.63. The van der Waals surface area contributed by atoms with Gasteiger partial charge in [-0.2, -0.15) is 0 Å². The Balaban J connectivity index is 2.35. The Bertz CT molecular complexity index is 761. The smallest absolute Gasteiger partial charge is 0.261 e. The first kappa shape index (κ1) is 14.3. The van der Waals surface area contributed by atoms with E-state index in [1.807, 2.05) is 0 Å². The van der Waals surface area contributed by atoms with Crippen molar-refractivity contribution in [3.63, 3.8) is 0 Å². The third-order valence-electron chi connectivity index (χ3n) is 2.72. The standard InChI is InChI=1S/C13H12F2N2O2S/c1-8-6-9(2-5-13(8)16)17-20(18,19)10-3-4-11(14)12(15)7-10/h2-7,17H,16H2,1H3. The minimum atomic E-state index is -3.98. The first-order chi connectivity index (χ1) is 9.29. The fourth-order valence-electron chi connectivity index (χ4n) is 1.60. The number of hydrogen-bond acceptors (Lipinski definition) is 3. The largest absolute Gasteiger partial charge is 0.399 e. The highest BCUT2D eigenvalue weighted by Gasteiger charge is 2.16. The van der Waals surface area contributed by atoms with Gasteiger partial charge in [0.05, 0.1) is 4.90 Å². The SMILES string of the molecule is Cc1cc(NS(=O)(=O)c2ccc(F)c(F)c2)ccc1N. The van der Waals surface area contributed by atoms with E-state index in [2.05, 4.69) is 4.72 Å². The molecule has 0 saturated heterocycles. The van der Waals surface area contributed by atoms with Crippen molar-refractivity contribution in [1.82, 2.24) is 0 Å². The molecule has 0 aromatic heterocycles. The zero-order chi connectivity index (χ0) is 14.9. The van der Waals surface area contributed by atoms with Gasteiger partial charge in [0.25, 0.3) is 10.0 Å². The van der Waals surface area contributed by atoms with Crippen LogP contribution in [0.4, 0.5) is 20.2 Å². The summed E-state index contributed by atoms with van der Waals surface area (Å²) in [5, 5.41) is 0. The number of nitrogens with two attached hydrogens (primary N) is 1. The summed E-state index contributed by atoms with van der Waals surface area (Å²) in [6.45, 7) is 1.73. The fraction of sp³-hybridized carbons (Fsp3) is 0.0769. The average molecular weight is 298 g/mol. The number of hydrogen-bond donors (Lipinski definition) is 2. The van der Waals surface area contributed by atoms with Crippen LogP contribution < -0.4 is 10.5 Å². The zero-order valence-electron chi connectivity index (χ0n) is 10.5. The summed E-state index contributed by atoms with van der Waals surface area (Å²) in [6, 6.07) is 6.97. The highest BCUT2D eigenvalue weighted by atomic mass is 32.2. The molecule has 0 unspecified atom stereocenters. The topological polar surface area (TPSA) is 72.2 Å². The minimum Gasteiger partial charge on any atom is -0.399 e. The lowest BCUT2D eigenvalue weighted by molar-refractivity contribution is 0.504. The van der Waals surface area contributed by atoms with Crippen LogP contribution in [0.25, 0.3) is 0 Å². The van der Waals surface area contributed by atoms with Crippen LogP contribution in [0.5, 0.6) is 0 Å². The van der Waals surface area contributed by atoms with Crippen LogP contribution in [-0.2, 0) is 10.0 Å². The first-order valence-electron chi connectivity index (χ1n) is 5.63. The molecule has 2 aromatic carbocycles. The van der Waals surface area contributed by atoms with Crippen LogP contribution in [0, 0.1) is 18.6 Å². The van der Waals surface area contributed by atoms with E-state index in [1.54, 1.807) is 19.1 Å². The third kappa shape index (κ3) is 2.88. The van der Waals surface area contributed by atoms with Crippen LogP contribution in [0.1, 0.15) is 5.56 Å². The quantitative estimate of drug-likeness (QED) is 0.856. The van der Waals surface area contributed by atoms with E-state index in [4.69, 9.17) is 5.73 Å². The van der Waals surface area contributed by atoms with Crippen molar-refractivity contribution in [3.8, 4) is 0 Å². The summed E-state index contributed by atoms with van der Waals surface area (Å²) >= 11 is 0. The molecule has 4 nitrogen and oxygen atoms in total. The van der Waals surface area contributed by atoms with Crippen LogP contribution in [0.3, 0.4) is 0 Å². The molecule has 0 saturated carbocycles. The molecule has 0 aliphatic heterocycles. The maximum atomic E-state index is 13.1. The van der Waals surface area contributed by atoms with Crippen molar-refractivity contribution in [1.29, 1.82) is 0 Å². The van der Waals surface area contributed by atoms with E-state index in [9.17, 15) is 17.2 Å². The van der Waals surface area contributed by atoms with Gasteiger partial charge in [0.15, 0.2) is 11.6 Å². The summed E-state index contributed by atoms with van der Waals surface area (Å²) in [4.78, 5) is -0.356. The molecule has 0 amide bonds. The summed E-state index contributed by atoms with van der Waals surface area (Å²) in [7, 11) is -3.98. The predicted octanol–water partition coefficient (Wildman–Crippen LogP) is 2.66. The van der Waals surface area contributed by atoms with Gasteiger partial charge in [-0.15, -0.1) is 0 Å². The molecule has 0 fully saturated rings. The second-order valence-electron chi connectivity index (χ2n) is 4.25. The van der Waals surface area contributed by atoms with Crippen molar-refractivity contribution < 1.29 is 17.2 Å². The highest BCUT2D eigenvalue weighted by Crippen LogP contribution is 2.21. The molecule has 0 spiro atoms. The normalized spacial score (nSPS) is 11.3. The Labute approximate surface area is 115 Å². The molecular weight excluding hydrogens is 286 g/mol. The Morgan fingerprint density at radius 1 is 1.05 bits per heavy atom. The van der Waals surface area contributed by atoms with Gasteiger partial charge in [-0.1, -0.05) is 0 Å². The van der Waals surface area contributed by atoms with Crippen molar-refractivity contribution >= 4 is 21.4 Å². The number of anilines is 2. The van der Waals surface area contributed by atoms with Gasteiger partial charge in [0, 0.05) is 11.4 Å². The molecule has 20 heavy (non-hydrogen) atoms. The second-order valence-corrected chi connectivity index (χ2v) is 5.94. The van der Waals surface area contributed by atoms with E-state index in [-0.39, 0.29) is 4.90 Å². The van der Waals surface area contributed by atoms with E-state index in [0.29, 0.717) is 23.0 Å². The number of halogens is 2. The molecule has 0 aliphatic rings. The first-order valence-corrected chi connectivity index (χ1v) is 7.12. The Morgan fingerprint density at radius 3 is 2.35 bits per heavy atom. The predicted molar refractivity (Wildman–Crippen MR) is 72.8 cm³/mol. The number of nitrogen functional groups attached to an aromatic ring is 1. The van der Waals surface area contributed by atoms with E-state index in [1.165, 1.54) is 6.07 Å². The zero-order valence-corrected chi connectivity index (χ0v) is 11.3. The van der Waals surface area contributed by atoms with E-state index >= 15 is 0 Å². The van der Waals surface area contributed by atoms with Gasteiger partial charge < -0.3 is 5.73 Å². The molecule has 3 N–H and O–H groups in total. The Hall–Kier alpha value is -2.15. The van der Waals surface area contributed by atoms with Crippen LogP contribution in [-0.4, -0.2) is 8.42 Å². The maximum Gasteiger partial charge on any atom is 0.261 e. The Morgan fingerprint density at radius 2 is 1.75 bits per heavy atom. The molecular formula is C13H12F2N2O2S. The lowest BCUT2D eigenvalue weighted by Gasteiger charge is -2.10. The number of aryl methyl sites for hydroxylation is 1. The van der Waals surface area contributed by atoms with Crippen molar-refractivity contribution in [2.24, 2.45) is 0 Å². The van der Waals surface area contributed by atoms with Gasteiger partial charge in [0.1, 0.15) is 0 Å². The van der Waals surface area contributed by atoms with Gasteiger partial charge in [0.2, 0.25) is 0 Å². The number of rotatable bonds is 3. The molecule has 2 aromatic rings. The maximum absolute atomic E-state index is 13.1. The van der Waals surface area contributed by atoms with Gasteiger partial charge in [-0.25, -0.2) is 17.2 Å². The lowest BCUT2D eigenvalue weighted by atomic mass is 10.2. The number of benzene rings is 2. The summed E-state index contributed by atoms with van der Waals surface area (Å²) < 4.78 is 52.2. The van der Waals surface area contributed by atoms with Crippen LogP contribution >= 0.6 is 0 Å². The van der Waals surface area contributed by atoms with E-state index < -0.39 is 21.7 Å². The summed E-state index contributed by atoms with van der Waals surface area (Å²) in [5.41, 5.74) is 7.16. The van der Waals surface area contributed by atoms with Crippen molar-refractivity contribution in [2.75, 3.05) is 10.5 Å². The summed E-state index contributed by atoms with van der Waals surface area (Å²) in [6.07, 6.45) is 0. The third-order valence-corrected chi connectivity index (χ3v) is 4.10. The molecule has 0 radical (unpaired) electrons. The minimum absolute atomic E-state index is 0.293. The monoisotopic (exact) mass is 298 g/mol. The molecule has 0 atom stereocenters. The molecule has 106 valence electrons. The molecule has 7 heteroatoms. The molecule has 2 rings (SSSR count). The van der Waals surface area contributed by atoms with Crippen molar-refractivity contribution in [3.05, 3.63) is 53.6 Å². The molecule has 0 heterocycles. The summed E-state index contributed by atoms with van der Waals surface area (Å²) in [5.74, 6) is -2.33. The van der Waals surface area contributed by atoms with Gasteiger partial charge in [-0.05, 0) is 48.9 Å². The van der Waals surface area contributed by atoms with Crippen molar-refractivity contribution in [2.45, 2.75) is 11.8 Å². The van der Waals surface area contributed by atoms with E-state index in [0.717, 1.165) is 12.1 Å².